The molecule has 0 saturated carbocycles. The monoisotopic (exact) mass is 611 g/mol. The molecule has 0 aliphatic carbocycles. The van der Waals surface area contributed by atoms with Crippen LogP contribution in [0.5, 0.6) is 11.5 Å². The molecular weight excluding hydrogens is 585 g/mol. The van der Waals surface area contributed by atoms with E-state index < -0.39 is 0 Å². The highest BCUT2D eigenvalue weighted by Gasteiger charge is 2.16. The lowest BCUT2D eigenvalue weighted by Gasteiger charge is -2.18. The van der Waals surface area contributed by atoms with Crippen LogP contribution in [0, 0.1) is 3.57 Å². The first-order valence-corrected chi connectivity index (χ1v) is 12.5. The topological polar surface area (TPSA) is 65.7 Å². The first-order chi connectivity index (χ1) is 15.2. The fraction of sp³-hybridized carbons (Fsp3) is 0.375. The van der Waals surface area contributed by atoms with Gasteiger partial charge in [-0.1, -0.05) is 36.7 Å². The Kier molecular flexibility index (Phi) is 8.32. The predicted molar refractivity (Wildman–Crippen MR) is 141 cm³/mol. The molecule has 3 aromatic rings. The summed E-state index contributed by atoms with van der Waals surface area (Å²) < 4.78 is 15.0. The molecule has 0 N–H and O–H groups in total. The van der Waals surface area contributed by atoms with Crippen LogP contribution in [0.25, 0.3) is 10.9 Å². The van der Waals surface area contributed by atoms with E-state index in [1.54, 1.807) is 12.3 Å². The normalized spacial score (nSPS) is 12.6. The van der Waals surface area contributed by atoms with Crippen molar-refractivity contribution in [1.82, 2.24) is 9.66 Å². The number of hydrogen-bond donors (Lipinski definition) is 0. The number of aromatic nitrogens is 2. The summed E-state index contributed by atoms with van der Waals surface area (Å²) >= 11 is 5.67. The van der Waals surface area contributed by atoms with Gasteiger partial charge in [-0.2, -0.15) is 9.78 Å². The van der Waals surface area contributed by atoms with Crippen molar-refractivity contribution in [2.45, 2.75) is 53.1 Å². The average Bonchev–Trinajstić information content (AvgIpc) is 2.75. The van der Waals surface area contributed by atoms with Crippen molar-refractivity contribution in [2.75, 3.05) is 6.61 Å². The summed E-state index contributed by atoms with van der Waals surface area (Å²) in [4.78, 5) is 17.9. The van der Waals surface area contributed by atoms with E-state index in [0.29, 0.717) is 29.1 Å². The molecule has 1 aromatic heterocycles. The Balaban J connectivity index is 2.09. The van der Waals surface area contributed by atoms with E-state index in [4.69, 9.17) is 14.5 Å². The van der Waals surface area contributed by atoms with Crippen LogP contribution >= 0.6 is 38.5 Å². The Morgan fingerprint density at radius 1 is 1.22 bits per heavy atom. The zero-order valence-corrected chi connectivity index (χ0v) is 22.6. The third-order valence-corrected chi connectivity index (χ3v) is 6.19. The van der Waals surface area contributed by atoms with Gasteiger partial charge in [0.25, 0.3) is 5.56 Å². The van der Waals surface area contributed by atoms with Crippen LogP contribution in [0.15, 0.2) is 44.7 Å². The van der Waals surface area contributed by atoms with E-state index in [1.165, 1.54) is 4.68 Å². The van der Waals surface area contributed by atoms with Gasteiger partial charge < -0.3 is 9.47 Å². The third-order valence-electron chi connectivity index (χ3n) is 4.90. The van der Waals surface area contributed by atoms with Crippen molar-refractivity contribution in [3.8, 4) is 11.5 Å². The summed E-state index contributed by atoms with van der Waals surface area (Å²) in [6.07, 6.45) is 2.64. The van der Waals surface area contributed by atoms with Crippen LogP contribution in [0.1, 0.15) is 58.3 Å². The number of rotatable bonds is 8. The number of benzene rings is 2. The molecule has 8 heteroatoms. The molecule has 0 aliphatic rings. The molecule has 0 bridgehead atoms. The van der Waals surface area contributed by atoms with Crippen molar-refractivity contribution in [2.24, 2.45) is 5.10 Å². The van der Waals surface area contributed by atoms with E-state index in [2.05, 4.69) is 50.5 Å². The summed E-state index contributed by atoms with van der Waals surface area (Å²) in [7, 11) is 0. The van der Waals surface area contributed by atoms with Crippen LogP contribution < -0.4 is 15.0 Å². The van der Waals surface area contributed by atoms with E-state index >= 15 is 0 Å². The molecule has 32 heavy (non-hydrogen) atoms. The van der Waals surface area contributed by atoms with Gasteiger partial charge in [0.2, 0.25) is 0 Å². The van der Waals surface area contributed by atoms with E-state index in [1.807, 2.05) is 52.0 Å². The van der Waals surface area contributed by atoms with E-state index in [-0.39, 0.29) is 17.6 Å². The fourth-order valence-corrected chi connectivity index (χ4v) is 4.21. The minimum Gasteiger partial charge on any atom is -0.490 e. The molecule has 0 fully saturated rings. The summed E-state index contributed by atoms with van der Waals surface area (Å²) in [5.74, 6) is 2.03. The van der Waals surface area contributed by atoms with Crippen molar-refractivity contribution in [1.29, 1.82) is 0 Å². The molecule has 3 rings (SSSR count). The zero-order chi connectivity index (χ0) is 23.4. The van der Waals surface area contributed by atoms with Crippen LogP contribution in [0.2, 0.25) is 0 Å². The van der Waals surface area contributed by atoms with Crippen LogP contribution in [0.3, 0.4) is 0 Å². The van der Waals surface area contributed by atoms with E-state index in [0.717, 1.165) is 25.8 Å². The number of hydrogen-bond acceptors (Lipinski definition) is 5. The molecule has 0 spiro atoms. The summed E-state index contributed by atoms with van der Waals surface area (Å²) in [5.41, 5.74) is 1.27. The Labute approximate surface area is 210 Å². The molecule has 0 amide bonds. The maximum Gasteiger partial charge on any atom is 0.282 e. The summed E-state index contributed by atoms with van der Waals surface area (Å²) in [6.45, 7) is 10.6. The standard InChI is InChI=1S/C24H27BrIN3O3/c1-6-15(5)32-22-19(26)10-16(11-21(22)31-7-2)13-27-29-23(14(3)4)28-20-9-8-17(25)12-18(20)24(29)30/h8-15H,6-7H2,1-5H3/t15-/m0/s1. The molecule has 170 valence electrons. The van der Waals surface area contributed by atoms with Gasteiger partial charge >= 0.3 is 0 Å². The summed E-state index contributed by atoms with van der Waals surface area (Å²) in [6, 6.07) is 9.35. The molecule has 0 unspecified atom stereocenters. The van der Waals surface area contributed by atoms with Crippen molar-refractivity contribution in [3.05, 3.63) is 60.1 Å². The number of nitrogens with zero attached hydrogens (tertiary/aromatic N) is 3. The maximum atomic E-state index is 13.2. The minimum atomic E-state index is -0.201. The second kappa shape index (κ2) is 10.8. The first-order valence-electron chi connectivity index (χ1n) is 10.6. The Morgan fingerprint density at radius 2 is 1.97 bits per heavy atom. The van der Waals surface area contributed by atoms with Crippen LogP contribution in [-0.4, -0.2) is 28.6 Å². The first kappa shape index (κ1) is 24.7. The molecule has 0 aliphatic heterocycles. The number of halogens is 2. The lowest BCUT2D eigenvalue weighted by molar-refractivity contribution is 0.201. The molecule has 0 radical (unpaired) electrons. The number of fused-ring (bicyclic) bond motifs is 1. The fourth-order valence-electron chi connectivity index (χ4n) is 3.10. The molecule has 1 heterocycles. The van der Waals surface area contributed by atoms with Gasteiger partial charge in [-0.3, -0.25) is 4.79 Å². The van der Waals surface area contributed by atoms with Gasteiger partial charge in [-0.05, 0) is 78.8 Å². The Hall–Kier alpha value is -1.94. The van der Waals surface area contributed by atoms with Crippen LogP contribution in [0.4, 0.5) is 0 Å². The van der Waals surface area contributed by atoms with E-state index in [9.17, 15) is 4.79 Å². The molecule has 6 nitrogen and oxygen atoms in total. The quantitative estimate of drug-likeness (QED) is 0.220. The van der Waals surface area contributed by atoms with Crippen molar-refractivity contribution >= 4 is 55.6 Å². The van der Waals surface area contributed by atoms with Gasteiger partial charge in [0.1, 0.15) is 5.82 Å². The highest BCUT2D eigenvalue weighted by atomic mass is 127. The molecular formula is C24H27BrIN3O3. The third kappa shape index (κ3) is 5.51. The van der Waals surface area contributed by atoms with Gasteiger partial charge in [-0.15, -0.1) is 0 Å². The largest absolute Gasteiger partial charge is 0.490 e. The highest BCUT2D eigenvalue weighted by Crippen LogP contribution is 2.35. The van der Waals surface area contributed by atoms with Gasteiger partial charge in [0.05, 0.1) is 33.4 Å². The number of ether oxygens (including phenoxy) is 2. The second-order valence-electron chi connectivity index (χ2n) is 7.75. The second-order valence-corrected chi connectivity index (χ2v) is 9.83. The highest BCUT2D eigenvalue weighted by molar-refractivity contribution is 14.1. The Bertz CT molecular complexity index is 1210. The predicted octanol–water partition coefficient (Wildman–Crippen LogP) is 6.35. The van der Waals surface area contributed by atoms with Gasteiger partial charge in [0.15, 0.2) is 11.5 Å². The minimum absolute atomic E-state index is 0.0262. The Morgan fingerprint density at radius 3 is 2.62 bits per heavy atom. The summed E-state index contributed by atoms with van der Waals surface area (Å²) in [5, 5.41) is 5.04. The molecule has 0 saturated heterocycles. The lowest BCUT2D eigenvalue weighted by Crippen LogP contribution is -2.23. The lowest BCUT2D eigenvalue weighted by atomic mass is 10.2. The molecule has 2 aromatic carbocycles. The van der Waals surface area contributed by atoms with Crippen molar-refractivity contribution < 1.29 is 9.47 Å². The SMILES string of the molecule is CCOc1cc(C=Nn2c(C(C)C)nc3ccc(Br)cc3c2=O)cc(I)c1O[C@@H](C)CC. The average molecular weight is 612 g/mol. The van der Waals surface area contributed by atoms with Gasteiger partial charge in [-0.25, -0.2) is 4.98 Å². The van der Waals surface area contributed by atoms with Crippen molar-refractivity contribution in [3.63, 3.8) is 0 Å². The van der Waals surface area contributed by atoms with Crippen LogP contribution in [-0.2, 0) is 0 Å². The maximum absolute atomic E-state index is 13.2. The van der Waals surface area contributed by atoms with Gasteiger partial charge in [0, 0.05) is 10.4 Å². The zero-order valence-electron chi connectivity index (χ0n) is 18.9. The molecule has 1 atom stereocenters. The smallest absolute Gasteiger partial charge is 0.282 e.